The van der Waals surface area contributed by atoms with Gasteiger partial charge in [-0.05, 0) is 35.9 Å². The molecule has 0 spiro atoms. The molecule has 1 saturated heterocycles. The molecule has 0 radical (unpaired) electrons. The fourth-order valence-corrected chi connectivity index (χ4v) is 4.80. The molecular formula is C18H18FN3O3S. The van der Waals surface area contributed by atoms with Crippen LogP contribution in [-0.2, 0) is 10.0 Å². The molecule has 1 aliphatic heterocycles. The number of nitrogens with one attached hydrogen (secondary N) is 1. The number of benzene rings is 2. The van der Waals surface area contributed by atoms with E-state index in [1.54, 1.807) is 12.1 Å². The Kier molecular flexibility index (Phi) is 5.23. The lowest BCUT2D eigenvalue weighted by Crippen LogP contribution is -2.48. The van der Waals surface area contributed by atoms with Crippen LogP contribution >= 0.6 is 0 Å². The Morgan fingerprint density at radius 3 is 2.81 bits per heavy atom. The molecule has 0 bridgehead atoms. The Labute approximate surface area is 151 Å². The lowest BCUT2D eigenvalue weighted by atomic mass is 10.1. The minimum atomic E-state index is -3.90. The summed E-state index contributed by atoms with van der Waals surface area (Å²) >= 11 is 0. The van der Waals surface area contributed by atoms with Crippen molar-refractivity contribution in [3.63, 3.8) is 0 Å². The number of piperazine rings is 1. The highest BCUT2D eigenvalue weighted by atomic mass is 32.2. The van der Waals surface area contributed by atoms with Crippen LogP contribution in [0.2, 0.25) is 0 Å². The molecule has 0 aliphatic carbocycles. The predicted octanol–water partition coefficient (Wildman–Crippen LogP) is 2.04. The van der Waals surface area contributed by atoms with E-state index in [-0.39, 0.29) is 17.2 Å². The summed E-state index contributed by atoms with van der Waals surface area (Å²) in [5.41, 5.74) is 0.885. The van der Waals surface area contributed by atoms with Gasteiger partial charge in [0.15, 0.2) is 0 Å². The third-order valence-corrected chi connectivity index (χ3v) is 6.25. The number of nitrogens with zero attached hydrogens (tertiary/aromatic N) is 2. The third kappa shape index (κ3) is 3.42. The summed E-state index contributed by atoms with van der Waals surface area (Å²) < 4.78 is 46.7. The first-order chi connectivity index (χ1) is 12.5. The van der Waals surface area contributed by atoms with Crippen molar-refractivity contribution in [2.24, 2.45) is 0 Å². The summed E-state index contributed by atoms with van der Waals surface area (Å²) in [5.74, 6) is -0.304. The zero-order valence-electron chi connectivity index (χ0n) is 14.1. The van der Waals surface area contributed by atoms with Crippen LogP contribution in [0.15, 0.2) is 47.4 Å². The molecule has 1 unspecified atom stereocenters. The van der Waals surface area contributed by atoms with E-state index >= 15 is 0 Å². The van der Waals surface area contributed by atoms with Gasteiger partial charge >= 0.3 is 0 Å². The van der Waals surface area contributed by atoms with Crippen LogP contribution in [0, 0.1) is 17.1 Å². The Bertz CT molecular complexity index is 956. The van der Waals surface area contributed by atoms with Gasteiger partial charge in [-0.25, -0.2) is 12.8 Å². The normalized spacial score (nSPS) is 18.3. The maximum Gasteiger partial charge on any atom is 0.247 e. The Morgan fingerprint density at radius 2 is 2.12 bits per heavy atom. The van der Waals surface area contributed by atoms with Gasteiger partial charge in [-0.2, -0.15) is 9.57 Å². The van der Waals surface area contributed by atoms with Crippen molar-refractivity contribution in [3.05, 3.63) is 59.4 Å². The maximum atomic E-state index is 13.6. The van der Waals surface area contributed by atoms with Crippen molar-refractivity contribution in [2.75, 3.05) is 26.7 Å². The molecular weight excluding hydrogens is 357 g/mol. The summed E-state index contributed by atoms with van der Waals surface area (Å²) in [7, 11) is -2.55. The number of nitriles is 1. The molecule has 2 aromatic rings. The molecule has 26 heavy (non-hydrogen) atoms. The van der Waals surface area contributed by atoms with Crippen LogP contribution in [0.1, 0.15) is 17.2 Å². The van der Waals surface area contributed by atoms with Gasteiger partial charge in [-0.15, -0.1) is 0 Å². The summed E-state index contributed by atoms with van der Waals surface area (Å²) in [4.78, 5) is -0.0118. The van der Waals surface area contributed by atoms with Crippen LogP contribution in [0.5, 0.6) is 5.75 Å². The van der Waals surface area contributed by atoms with E-state index in [9.17, 15) is 12.8 Å². The van der Waals surface area contributed by atoms with Gasteiger partial charge in [-0.1, -0.05) is 12.1 Å². The van der Waals surface area contributed by atoms with Gasteiger partial charge in [0.25, 0.3) is 0 Å². The number of rotatable bonds is 4. The summed E-state index contributed by atoms with van der Waals surface area (Å²) in [6, 6.07) is 11.6. The van der Waals surface area contributed by atoms with E-state index < -0.39 is 21.9 Å². The molecule has 1 aliphatic rings. The molecule has 0 saturated carbocycles. The monoisotopic (exact) mass is 375 g/mol. The largest absolute Gasteiger partial charge is 0.495 e. The van der Waals surface area contributed by atoms with E-state index in [2.05, 4.69) is 5.32 Å². The average Bonchev–Trinajstić information content (AvgIpc) is 2.67. The molecule has 0 amide bonds. The van der Waals surface area contributed by atoms with E-state index in [0.717, 1.165) is 0 Å². The van der Waals surface area contributed by atoms with Crippen LogP contribution < -0.4 is 10.1 Å². The Hall–Kier alpha value is -2.47. The molecule has 1 N–H and O–H groups in total. The second-order valence-corrected chi connectivity index (χ2v) is 7.73. The highest BCUT2D eigenvalue weighted by molar-refractivity contribution is 7.89. The zero-order valence-corrected chi connectivity index (χ0v) is 15.0. The molecule has 8 heteroatoms. The molecule has 3 rings (SSSR count). The first-order valence-corrected chi connectivity index (χ1v) is 9.47. The lowest BCUT2D eigenvalue weighted by molar-refractivity contribution is 0.270. The average molecular weight is 375 g/mol. The van der Waals surface area contributed by atoms with Crippen molar-refractivity contribution in [1.82, 2.24) is 9.62 Å². The topological polar surface area (TPSA) is 82.4 Å². The van der Waals surface area contributed by atoms with Crippen LogP contribution in [0.3, 0.4) is 0 Å². The van der Waals surface area contributed by atoms with E-state index in [1.807, 2.05) is 6.07 Å². The standard InChI is InChI=1S/C18H18FN3O3S/c1-25-17-9-13(11-20)5-6-18(17)26(23,24)22-8-7-21-12-16(22)14-3-2-4-15(19)10-14/h2-6,9-10,16,21H,7-8,12H2,1H3. The van der Waals surface area contributed by atoms with Crippen molar-refractivity contribution in [3.8, 4) is 11.8 Å². The van der Waals surface area contributed by atoms with Crippen LogP contribution in [0.4, 0.5) is 4.39 Å². The van der Waals surface area contributed by atoms with E-state index in [1.165, 1.54) is 41.7 Å². The van der Waals surface area contributed by atoms with Crippen molar-refractivity contribution in [1.29, 1.82) is 5.26 Å². The van der Waals surface area contributed by atoms with Crippen LogP contribution in [0.25, 0.3) is 0 Å². The minimum absolute atomic E-state index is 0.0118. The smallest absolute Gasteiger partial charge is 0.247 e. The SMILES string of the molecule is COc1cc(C#N)ccc1S(=O)(=O)N1CCNCC1c1cccc(F)c1. The summed E-state index contributed by atoms with van der Waals surface area (Å²) in [6.07, 6.45) is 0. The molecule has 1 atom stereocenters. The lowest BCUT2D eigenvalue weighted by Gasteiger charge is -2.35. The van der Waals surface area contributed by atoms with Gasteiger partial charge in [0.1, 0.15) is 16.5 Å². The maximum absolute atomic E-state index is 13.6. The second kappa shape index (κ2) is 7.41. The number of hydrogen-bond donors (Lipinski definition) is 1. The van der Waals surface area contributed by atoms with Gasteiger partial charge < -0.3 is 10.1 Å². The van der Waals surface area contributed by atoms with Gasteiger partial charge in [0, 0.05) is 19.6 Å². The van der Waals surface area contributed by atoms with Gasteiger partial charge in [-0.3, -0.25) is 0 Å². The molecule has 0 aromatic heterocycles. The van der Waals surface area contributed by atoms with Crippen LogP contribution in [-0.4, -0.2) is 39.5 Å². The van der Waals surface area contributed by atoms with Crippen molar-refractivity contribution in [2.45, 2.75) is 10.9 Å². The first kappa shape index (κ1) is 18.3. The number of ether oxygens (including phenoxy) is 1. The Balaban J connectivity index is 2.06. The second-order valence-electron chi connectivity index (χ2n) is 5.87. The zero-order chi connectivity index (χ0) is 18.7. The highest BCUT2D eigenvalue weighted by Gasteiger charge is 2.36. The van der Waals surface area contributed by atoms with Gasteiger partial charge in [0.05, 0.1) is 24.8 Å². The number of halogens is 1. The van der Waals surface area contributed by atoms with Crippen molar-refractivity contribution < 1.29 is 17.5 Å². The number of sulfonamides is 1. The highest BCUT2D eigenvalue weighted by Crippen LogP contribution is 2.33. The summed E-state index contributed by atoms with van der Waals surface area (Å²) in [5, 5.41) is 12.2. The van der Waals surface area contributed by atoms with E-state index in [0.29, 0.717) is 24.2 Å². The molecule has 6 nitrogen and oxygen atoms in total. The predicted molar refractivity (Wildman–Crippen MR) is 93.6 cm³/mol. The van der Waals surface area contributed by atoms with Crippen molar-refractivity contribution >= 4 is 10.0 Å². The molecule has 136 valence electrons. The third-order valence-electron chi connectivity index (χ3n) is 4.31. The summed E-state index contributed by atoms with van der Waals surface area (Å²) in [6.45, 7) is 1.11. The number of methoxy groups -OCH3 is 1. The number of hydrogen-bond acceptors (Lipinski definition) is 5. The van der Waals surface area contributed by atoms with Gasteiger partial charge in [0.2, 0.25) is 10.0 Å². The van der Waals surface area contributed by atoms with E-state index in [4.69, 9.17) is 10.00 Å². The fraction of sp³-hybridized carbons (Fsp3) is 0.278. The molecule has 1 fully saturated rings. The molecule has 2 aromatic carbocycles. The molecule has 1 heterocycles. The quantitative estimate of drug-likeness (QED) is 0.884. The minimum Gasteiger partial charge on any atom is -0.495 e. The fourth-order valence-electron chi connectivity index (χ4n) is 3.05. The first-order valence-electron chi connectivity index (χ1n) is 8.03. The Morgan fingerprint density at radius 1 is 1.31 bits per heavy atom.